The van der Waals surface area contributed by atoms with E-state index in [1.54, 1.807) is 0 Å². The third kappa shape index (κ3) is 3.72. The molecular weight excluding hydrogens is 348 g/mol. The van der Waals surface area contributed by atoms with E-state index in [0.29, 0.717) is 17.9 Å². The van der Waals surface area contributed by atoms with Crippen LogP contribution in [0.5, 0.6) is 0 Å². The van der Waals surface area contributed by atoms with Gasteiger partial charge in [-0.05, 0) is 82.1 Å². The summed E-state index contributed by atoms with van der Waals surface area (Å²) < 4.78 is 1.95. The van der Waals surface area contributed by atoms with E-state index in [-0.39, 0.29) is 17.9 Å². The molecule has 1 amide bonds. The quantitative estimate of drug-likeness (QED) is 0.847. The summed E-state index contributed by atoms with van der Waals surface area (Å²) in [5.74, 6) is 1.36. The lowest BCUT2D eigenvalue weighted by Gasteiger charge is -2.43. The number of rotatable bonds is 4. The molecule has 150 valence electrons. The molecule has 2 bridgehead atoms. The van der Waals surface area contributed by atoms with Crippen LogP contribution < -0.4 is 11.1 Å². The second-order valence-corrected chi connectivity index (χ2v) is 8.86. The topological polar surface area (TPSA) is 72.9 Å². The van der Waals surface area contributed by atoms with Gasteiger partial charge in [-0.25, -0.2) is 4.68 Å². The summed E-state index contributed by atoms with van der Waals surface area (Å²) >= 11 is 0. The van der Waals surface area contributed by atoms with E-state index in [2.05, 4.69) is 54.6 Å². The van der Waals surface area contributed by atoms with Crippen LogP contribution in [0.1, 0.15) is 62.0 Å². The van der Waals surface area contributed by atoms with Gasteiger partial charge in [-0.3, -0.25) is 4.79 Å². The number of aromatic nitrogens is 2. The summed E-state index contributed by atoms with van der Waals surface area (Å²) in [6.45, 7) is 6.12. The van der Waals surface area contributed by atoms with Gasteiger partial charge in [-0.1, -0.05) is 18.6 Å². The van der Waals surface area contributed by atoms with Crippen LogP contribution in [0.3, 0.4) is 0 Å². The van der Waals surface area contributed by atoms with Gasteiger partial charge >= 0.3 is 0 Å². The van der Waals surface area contributed by atoms with E-state index in [9.17, 15) is 4.79 Å². The van der Waals surface area contributed by atoms with Gasteiger partial charge in [0, 0.05) is 17.7 Å². The van der Waals surface area contributed by atoms with Crippen molar-refractivity contribution in [2.45, 2.75) is 65.0 Å². The highest BCUT2D eigenvalue weighted by Crippen LogP contribution is 2.42. The average molecular weight is 381 g/mol. The Morgan fingerprint density at radius 2 is 1.82 bits per heavy atom. The summed E-state index contributed by atoms with van der Waals surface area (Å²) in [6.07, 6.45) is 5.55. The molecule has 5 nitrogen and oxygen atoms in total. The number of hydrogen-bond donors (Lipinski definition) is 2. The van der Waals surface area contributed by atoms with Crippen molar-refractivity contribution in [3.05, 3.63) is 47.3 Å². The summed E-state index contributed by atoms with van der Waals surface area (Å²) in [4.78, 5) is 12.9. The van der Waals surface area contributed by atoms with Crippen LogP contribution in [-0.2, 0) is 4.79 Å². The molecule has 2 aromatic rings. The maximum Gasteiger partial charge on any atom is 0.223 e. The second-order valence-electron chi connectivity index (χ2n) is 8.86. The molecule has 0 spiro atoms. The molecule has 3 N–H and O–H groups in total. The molecule has 3 unspecified atom stereocenters. The number of carbonyl (C=O) groups is 1. The monoisotopic (exact) mass is 380 g/mol. The number of hydrogen-bond acceptors (Lipinski definition) is 3. The first kappa shape index (κ1) is 19.2. The highest BCUT2D eigenvalue weighted by molar-refractivity contribution is 5.79. The van der Waals surface area contributed by atoms with Crippen LogP contribution >= 0.6 is 0 Å². The van der Waals surface area contributed by atoms with Gasteiger partial charge in [0.1, 0.15) is 0 Å². The van der Waals surface area contributed by atoms with Crippen molar-refractivity contribution in [2.75, 3.05) is 0 Å². The second kappa shape index (κ2) is 7.70. The number of nitrogens with one attached hydrogen (secondary N) is 1. The lowest BCUT2D eigenvalue weighted by molar-refractivity contribution is -0.128. The first-order valence-electron chi connectivity index (χ1n) is 10.6. The Kier molecular flexibility index (Phi) is 5.28. The summed E-state index contributed by atoms with van der Waals surface area (Å²) in [7, 11) is 0. The molecule has 4 rings (SSSR count). The Balaban J connectivity index is 1.40. The molecule has 5 heteroatoms. The Morgan fingerprint density at radius 1 is 1.18 bits per heavy atom. The number of aryl methyl sites for hydroxylation is 2. The maximum atomic E-state index is 12.9. The van der Waals surface area contributed by atoms with Crippen molar-refractivity contribution in [2.24, 2.45) is 23.5 Å². The van der Waals surface area contributed by atoms with Crippen molar-refractivity contribution in [3.63, 3.8) is 0 Å². The Hall–Kier alpha value is -2.14. The number of fused-ring (bicyclic) bond motifs is 2. The molecule has 28 heavy (non-hydrogen) atoms. The molecule has 2 aliphatic rings. The molecule has 2 aliphatic carbocycles. The largest absolute Gasteiger partial charge is 0.349 e. The highest BCUT2D eigenvalue weighted by atomic mass is 16.1. The van der Waals surface area contributed by atoms with Gasteiger partial charge in [0.15, 0.2) is 0 Å². The van der Waals surface area contributed by atoms with Gasteiger partial charge < -0.3 is 11.1 Å². The number of benzene rings is 1. The molecule has 0 aliphatic heterocycles. The van der Waals surface area contributed by atoms with Crippen LogP contribution in [0.2, 0.25) is 0 Å². The molecule has 1 aromatic carbocycles. The minimum absolute atomic E-state index is 0.00237. The first-order chi connectivity index (χ1) is 13.4. The minimum Gasteiger partial charge on any atom is -0.349 e. The number of nitrogens with two attached hydrogens (primary N) is 1. The molecular formula is C23H32N4O. The summed E-state index contributed by atoms with van der Waals surface area (Å²) in [5, 5.41) is 7.78. The zero-order valence-electron chi connectivity index (χ0n) is 17.2. The van der Waals surface area contributed by atoms with Crippen LogP contribution in [-0.4, -0.2) is 21.7 Å². The SMILES string of the molecule is Cc1cc(C)n(-c2ccc(C(C)NC(=O)C3CC4CCCC(C3)C4N)cc2)n1. The first-order valence-corrected chi connectivity index (χ1v) is 10.6. The maximum absolute atomic E-state index is 12.9. The van der Waals surface area contributed by atoms with Gasteiger partial charge in [0.25, 0.3) is 0 Å². The van der Waals surface area contributed by atoms with Crippen LogP contribution in [0.15, 0.2) is 30.3 Å². The molecule has 0 saturated heterocycles. The van der Waals surface area contributed by atoms with Gasteiger partial charge in [-0.15, -0.1) is 0 Å². The number of nitrogens with zero attached hydrogens (tertiary/aromatic N) is 2. The van der Waals surface area contributed by atoms with E-state index in [4.69, 9.17) is 5.73 Å². The third-order valence-corrected chi connectivity index (χ3v) is 6.79. The van der Waals surface area contributed by atoms with Crippen LogP contribution in [0.4, 0.5) is 0 Å². The molecule has 1 aromatic heterocycles. The van der Waals surface area contributed by atoms with Crippen molar-refractivity contribution >= 4 is 5.91 Å². The molecule has 1 heterocycles. The van der Waals surface area contributed by atoms with Crippen LogP contribution in [0, 0.1) is 31.6 Å². The zero-order valence-corrected chi connectivity index (χ0v) is 17.2. The fourth-order valence-corrected chi connectivity index (χ4v) is 5.21. The molecule has 2 saturated carbocycles. The summed E-state index contributed by atoms with van der Waals surface area (Å²) in [6, 6.07) is 10.7. The fourth-order valence-electron chi connectivity index (χ4n) is 5.21. The normalized spacial score (nSPS) is 28.0. The predicted molar refractivity (Wildman–Crippen MR) is 111 cm³/mol. The van der Waals surface area contributed by atoms with Crippen molar-refractivity contribution in [1.29, 1.82) is 0 Å². The molecule has 2 fully saturated rings. The lowest BCUT2D eigenvalue weighted by Crippen LogP contribution is -2.49. The van der Waals surface area contributed by atoms with E-state index < -0.39 is 0 Å². The Morgan fingerprint density at radius 3 is 2.39 bits per heavy atom. The molecule has 0 radical (unpaired) electrons. The minimum atomic E-state index is -0.00237. The Labute approximate surface area is 167 Å². The van der Waals surface area contributed by atoms with Crippen molar-refractivity contribution in [3.8, 4) is 5.69 Å². The zero-order chi connectivity index (χ0) is 19.8. The molecule has 3 atom stereocenters. The smallest absolute Gasteiger partial charge is 0.223 e. The number of amides is 1. The van der Waals surface area contributed by atoms with Gasteiger partial charge in [-0.2, -0.15) is 5.10 Å². The fraction of sp³-hybridized carbons (Fsp3) is 0.565. The van der Waals surface area contributed by atoms with Gasteiger partial charge in [0.2, 0.25) is 5.91 Å². The van der Waals surface area contributed by atoms with Crippen molar-refractivity contribution < 1.29 is 4.79 Å². The standard InChI is InChI=1S/C23H32N4O/c1-14-11-15(2)27(26-14)21-9-7-17(8-10-21)16(3)25-23(28)20-12-18-5-4-6-19(13-20)22(18)24/h7-11,16,18-20,22H,4-6,12-13,24H2,1-3H3,(H,25,28). The van der Waals surface area contributed by atoms with E-state index >= 15 is 0 Å². The third-order valence-electron chi connectivity index (χ3n) is 6.79. The lowest BCUT2D eigenvalue weighted by atomic mass is 9.65. The van der Waals surface area contributed by atoms with Gasteiger partial charge in [0.05, 0.1) is 17.4 Å². The number of carbonyl (C=O) groups excluding carboxylic acids is 1. The predicted octanol–water partition coefficient (Wildman–Crippen LogP) is 3.82. The highest BCUT2D eigenvalue weighted by Gasteiger charge is 2.40. The summed E-state index contributed by atoms with van der Waals surface area (Å²) in [5.41, 5.74) is 10.7. The Bertz CT molecular complexity index is 827. The van der Waals surface area contributed by atoms with Crippen molar-refractivity contribution in [1.82, 2.24) is 15.1 Å². The van der Waals surface area contributed by atoms with E-state index in [1.165, 1.54) is 19.3 Å². The average Bonchev–Trinajstić information content (AvgIpc) is 2.99. The van der Waals surface area contributed by atoms with E-state index in [0.717, 1.165) is 35.5 Å². The van der Waals surface area contributed by atoms with Crippen LogP contribution in [0.25, 0.3) is 5.69 Å². The van der Waals surface area contributed by atoms with E-state index in [1.807, 2.05) is 11.6 Å².